The van der Waals surface area contributed by atoms with Gasteiger partial charge in [-0.1, -0.05) is 54.6 Å². The average Bonchev–Trinajstić information content (AvgIpc) is 2.94. The van der Waals surface area contributed by atoms with E-state index in [0.29, 0.717) is 26.3 Å². The van der Waals surface area contributed by atoms with Gasteiger partial charge in [0.15, 0.2) is 0 Å². The molecule has 6 nitrogen and oxygen atoms in total. The first-order valence-corrected chi connectivity index (χ1v) is 9.43. The van der Waals surface area contributed by atoms with E-state index in [1.54, 1.807) is 4.90 Å². The maximum Gasteiger partial charge on any atom is 0.410 e. The minimum absolute atomic E-state index is 0.0217. The van der Waals surface area contributed by atoms with Crippen LogP contribution in [0.2, 0.25) is 0 Å². The third-order valence-corrected chi connectivity index (χ3v) is 4.70. The molecule has 6 heteroatoms. The molecule has 1 saturated heterocycles. The predicted molar refractivity (Wildman–Crippen MR) is 104 cm³/mol. The van der Waals surface area contributed by atoms with E-state index in [0.717, 1.165) is 23.1 Å². The molecule has 0 aliphatic carbocycles. The molecule has 2 aromatic rings. The van der Waals surface area contributed by atoms with Crippen LogP contribution in [0.4, 0.5) is 4.79 Å². The van der Waals surface area contributed by atoms with Crippen molar-refractivity contribution in [1.29, 1.82) is 0 Å². The molecule has 1 N–H and O–H groups in total. The topological polar surface area (TPSA) is 76.1 Å². The molecule has 148 valence electrons. The summed E-state index contributed by atoms with van der Waals surface area (Å²) in [4.78, 5) is 25.0. The number of amides is 1. The van der Waals surface area contributed by atoms with Gasteiger partial charge in [-0.15, -0.1) is 0 Å². The number of carboxylic acids is 1. The molecule has 2 aromatic carbocycles. The minimum Gasteiger partial charge on any atom is -0.481 e. The summed E-state index contributed by atoms with van der Waals surface area (Å²) in [5.74, 6) is -0.674. The Labute approximate surface area is 164 Å². The van der Waals surface area contributed by atoms with Crippen LogP contribution >= 0.6 is 0 Å². The van der Waals surface area contributed by atoms with Gasteiger partial charge in [-0.2, -0.15) is 0 Å². The maximum absolute atomic E-state index is 12.5. The normalized spacial score (nSPS) is 17.0. The van der Waals surface area contributed by atoms with Crippen molar-refractivity contribution in [1.82, 2.24) is 4.90 Å². The monoisotopic (exact) mass is 383 g/mol. The van der Waals surface area contributed by atoms with Gasteiger partial charge in [-0.3, -0.25) is 4.79 Å². The first-order valence-electron chi connectivity index (χ1n) is 9.43. The number of hydrogen-bond acceptors (Lipinski definition) is 4. The minimum atomic E-state index is -0.838. The molecule has 1 aliphatic heterocycles. The summed E-state index contributed by atoms with van der Waals surface area (Å²) in [6.45, 7) is 2.42. The van der Waals surface area contributed by atoms with Crippen molar-refractivity contribution in [3.63, 3.8) is 0 Å². The van der Waals surface area contributed by atoms with E-state index in [2.05, 4.69) is 0 Å². The third kappa shape index (κ3) is 6.09. The highest BCUT2D eigenvalue weighted by atomic mass is 16.6. The lowest BCUT2D eigenvalue weighted by molar-refractivity contribution is -0.136. The first-order chi connectivity index (χ1) is 13.6. The van der Waals surface area contributed by atoms with Crippen molar-refractivity contribution in [2.24, 2.45) is 5.92 Å². The Morgan fingerprint density at radius 2 is 1.75 bits per heavy atom. The molecule has 0 saturated carbocycles. The lowest BCUT2D eigenvalue weighted by Gasteiger charge is -2.23. The van der Waals surface area contributed by atoms with Crippen LogP contribution in [-0.2, 0) is 33.7 Å². The second kappa shape index (κ2) is 9.90. The lowest BCUT2D eigenvalue weighted by atomic mass is 9.98. The van der Waals surface area contributed by atoms with Gasteiger partial charge in [0.1, 0.15) is 6.61 Å². The molecule has 0 radical (unpaired) electrons. The van der Waals surface area contributed by atoms with Gasteiger partial charge in [0.2, 0.25) is 0 Å². The number of aliphatic carboxylic acids is 1. The molecule has 1 amide bonds. The molecule has 0 aromatic heterocycles. The molecule has 1 heterocycles. The highest BCUT2D eigenvalue weighted by Gasteiger charge is 2.23. The number of carboxylic acid groups (broad SMARTS) is 1. The van der Waals surface area contributed by atoms with Gasteiger partial charge in [0, 0.05) is 19.0 Å². The van der Waals surface area contributed by atoms with Crippen LogP contribution in [0.1, 0.15) is 16.7 Å². The Balaban J connectivity index is 1.54. The zero-order valence-electron chi connectivity index (χ0n) is 15.8. The number of benzene rings is 2. The van der Waals surface area contributed by atoms with Gasteiger partial charge in [0.25, 0.3) is 0 Å². The fourth-order valence-corrected chi connectivity index (χ4v) is 3.28. The molecule has 0 bridgehead atoms. The van der Waals surface area contributed by atoms with Gasteiger partial charge in [0.05, 0.1) is 19.6 Å². The van der Waals surface area contributed by atoms with E-state index in [1.807, 2.05) is 54.6 Å². The largest absolute Gasteiger partial charge is 0.481 e. The number of hydrogen-bond donors (Lipinski definition) is 1. The maximum atomic E-state index is 12.5. The molecule has 1 fully saturated rings. The molecule has 1 aliphatic rings. The Morgan fingerprint density at radius 1 is 1.04 bits per heavy atom. The standard InChI is InChI=1S/C22H25NO5/c24-21(25)13-18-8-6-17(7-9-18)12-20-14-23(10-11-27-15-20)22(26)28-16-19-4-2-1-3-5-19/h1-9,20H,10-16H2,(H,24,25)/t20-/m1/s1. The highest BCUT2D eigenvalue weighted by molar-refractivity contribution is 5.70. The van der Waals surface area contributed by atoms with E-state index < -0.39 is 5.97 Å². The molecule has 3 rings (SSSR count). The van der Waals surface area contributed by atoms with Gasteiger partial charge < -0.3 is 19.5 Å². The number of carbonyl (C=O) groups is 2. The SMILES string of the molecule is O=C(O)Cc1ccc(C[C@H]2COCCN(C(=O)OCc3ccccc3)C2)cc1. The summed E-state index contributed by atoms with van der Waals surface area (Å²) in [5, 5.41) is 8.86. The number of ether oxygens (including phenoxy) is 2. The zero-order chi connectivity index (χ0) is 19.8. The zero-order valence-corrected chi connectivity index (χ0v) is 15.8. The second-order valence-electron chi connectivity index (χ2n) is 7.02. The van der Waals surface area contributed by atoms with E-state index in [4.69, 9.17) is 14.6 Å². The Hall–Kier alpha value is -2.86. The summed E-state index contributed by atoms with van der Waals surface area (Å²) >= 11 is 0. The third-order valence-electron chi connectivity index (χ3n) is 4.70. The van der Waals surface area contributed by atoms with E-state index in [9.17, 15) is 9.59 Å². The number of nitrogens with zero attached hydrogens (tertiary/aromatic N) is 1. The summed E-state index contributed by atoms with van der Waals surface area (Å²) in [6, 6.07) is 17.2. The van der Waals surface area contributed by atoms with Gasteiger partial charge in [-0.05, 0) is 23.1 Å². The fourth-order valence-electron chi connectivity index (χ4n) is 3.28. The number of rotatable bonds is 6. The predicted octanol–water partition coefficient (Wildman–Crippen LogP) is 3.14. The Kier molecular flexibility index (Phi) is 7.03. The van der Waals surface area contributed by atoms with Gasteiger partial charge in [-0.25, -0.2) is 4.79 Å². The van der Waals surface area contributed by atoms with Crippen LogP contribution in [0.25, 0.3) is 0 Å². The molecule has 0 unspecified atom stereocenters. The quantitative estimate of drug-likeness (QED) is 0.829. The molecular weight excluding hydrogens is 358 g/mol. The van der Waals surface area contributed by atoms with Crippen LogP contribution < -0.4 is 0 Å². The van der Waals surface area contributed by atoms with Crippen LogP contribution in [0.3, 0.4) is 0 Å². The van der Waals surface area contributed by atoms with E-state index in [1.165, 1.54) is 0 Å². The Morgan fingerprint density at radius 3 is 2.46 bits per heavy atom. The van der Waals surface area contributed by atoms with Crippen molar-refractivity contribution >= 4 is 12.1 Å². The summed E-state index contributed by atoms with van der Waals surface area (Å²) in [6.07, 6.45) is 0.458. The highest BCUT2D eigenvalue weighted by Crippen LogP contribution is 2.16. The van der Waals surface area contributed by atoms with Crippen molar-refractivity contribution < 1.29 is 24.2 Å². The van der Waals surface area contributed by atoms with Crippen LogP contribution in [0.15, 0.2) is 54.6 Å². The average molecular weight is 383 g/mol. The van der Waals surface area contributed by atoms with Crippen molar-refractivity contribution in [2.75, 3.05) is 26.3 Å². The lowest BCUT2D eigenvalue weighted by Crippen LogP contribution is -2.36. The van der Waals surface area contributed by atoms with Crippen LogP contribution in [0, 0.1) is 5.92 Å². The summed E-state index contributed by atoms with van der Waals surface area (Å²) in [5.41, 5.74) is 2.83. The Bertz CT molecular complexity index is 775. The second-order valence-corrected chi connectivity index (χ2v) is 7.02. The van der Waals surface area contributed by atoms with Crippen molar-refractivity contribution in [3.8, 4) is 0 Å². The molecule has 1 atom stereocenters. The van der Waals surface area contributed by atoms with Crippen LogP contribution in [0.5, 0.6) is 0 Å². The van der Waals surface area contributed by atoms with Crippen molar-refractivity contribution in [3.05, 3.63) is 71.3 Å². The molecular formula is C22H25NO5. The van der Waals surface area contributed by atoms with E-state index >= 15 is 0 Å². The summed E-state index contributed by atoms with van der Waals surface area (Å²) in [7, 11) is 0. The summed E-state index contributed by atoms with van der Waals surface area (Å²) < 4.78 is 11.1. The van der Waals surface area contributed by atoms with Gasteiger partial charge >= 0.3 is 12.1 Å². The fraction of sp³-hybridized carbons (Fsp3) is 0.364. The van der Waals surface area contributed by atoms with Crippen LogP contribution in [-0.4, -0.2) is 48.4 Å². The smallest absolute Gasteiger partial charge is 0.410 e. The first kappa shape index (κ1) is 19.9. The number of carbonyl (C=O) groups excluding carboxylic acids is 1. The molecule has 0 spiro atoms. The van der Waals surface area contributed by atoms with Crippen molar-refractivity contribution in [2.45, 2.75) is 19.4 Å². The molecule has 28 heavy (non-hydrogen) atoms. The van der Waals surface area contributed by atoms with E-state index in [-0.39, 0.29) is 25.0 Å².